The van der Waals surface area contributed by atoms with Gasteiger partial charge in [0.25, 0.3) is 5.91 Å². The molecule has 2 aromatic rings. The third kappa shape index (κ3) is 3.04. The highest BCUT2D eigenvalue weighted by Crippen LogP contribution is 2.19. The summed E-state index contributed by atoms with van der Waals surface area (Å²) in [7, 11) is 2.13. The molecule has 0 aliphatic carbocycles. The monoisotopic (exact) mass is 298 g/mol. The summed E-state index contributed by atoms with van der Waals surface area (Å²) in [5, 5.41) is 6.77. The van der Waals surface area contributed by atoms with Crippen LogP contribution in [0.2, 0.25) is 0 Å². The number of likely N-dealkylation sites (tertiary alicyclic amines) is 1. The number of H-pyrrole nitrogens is 1. The second-order valence-electron chi connectivity index (χ2n) is 6.00. The summed E-state index contributed by atoms with van der Waals surface area (Å²) in [5.74, 6) is 0.0851. The number of aromatic amines is 1. The predicted octanol–water partition coefficient (Wildman–Crippen LogP) is 2.06. The topological polar surface area (TPSA) is 52.2 Å². The van der Waals surface area contributed by atoms with Crippen molar-refractivity contribution in [2.45, 2.75) is 25.9 Å². The number of carbonyl (C=O) groups is 1. The zero-order chi connectivity index (χ0) is 15.5. The van der Waals surface area contributed by atoms with Gasteiger partial charge < -0.3 is 4.90 Å². The van der Waals surface area contributed by atoms with Gasteiger partial charge in [0.15, 0.2) is 0 Å². The quantitative estimate of drug-likeness (QED) is 0.940. The summed E-state index contributed by atoms with van der Waals surface area (Å²) in [5.41, 5.74) is 2.83. The van der Waals surface area contributed by atoms with Crippen LogP contribution in [0.25, 0.3) is 0 Å². The summed E-state index contributed by atoms with van der Waals surface area (Å²) in [6.07, 6.45) is 2.64. The number of benzene rings is 1. The highest BCUT2D eigenvalue weighted by molar-refractivity contribution is 5.95. The molecule has 1 aliphatic rings. The zero-order valence-corrected chi connectivity index (χ0v) is 13.1. The van der Waals surface area contributed by atoms with Gasteiger partial charge in [-0.1, -0.05) is 30.3 Å². The Hall–Kier alpha value is -2.14. The summed E-state index contributed by atoms with van der Waals surface area (Å²) >= 11 is 0. The maximum atomic E-state index is 12.5. The van der Waals surface area contributed by atoms with Crippen LogP contribution in [0.3, 0.4) is 0 Å². The molecule has 5 heteroatoms. The van der Waals surface area contributed by atoms with Crippen LogP contribution in [0.5, 0.6) is 0 Å². The fourth-order valence-corrected chi connectivity index (χ4v) is 3.02. The lowest BCUT2D eigenvalue weighted by Gasteiger charge is -2.24. The van der Waals surface area contributed by atoms with Crippen LogP contribution in [0.15, 0.2) is 36.5 Å². The van der Waals surface area contributed by atoms with Crippen molar-refractivity contribution in [1.29, 1.82) is 0 Å². The van der Waals surface area contributed by atoms with E-state index in [1.807, 2.05) is 17.9 Å². The molecule has 1 aromatic heterocycles. The number of rotatable bonds is 4. The first-order chi connectivity index (χ1) is 10.6. The fraction of sp³-hybridized carbons (Fsp3) is 0.412. The standard InChI is InChI=1S/C17H22N4O/c1-13-16(10-18-19-13)17(22)21-9-8-15(12-21)20(2)11-14-6-4-3-5-7-14/h3-7,10,15H,8-9,11-12H2,1-2H3,(H,18,19). The lowest BCUT2D eigenvalue weighted by atomic mass is 10.1. The Labute approximate surface area is 130 Å². The lowest BCUT2D eigenvalue weighted by Crippen LogP contribution is -2.36. The molecular weight excluding hydrogens is 276 g/mol. The van der Waals surface area contributed by atoms with Crippen molar-refractivity contribution in [3.63, 3.8) is 0 Å². The van der Waals surface area contributed by atoms with Crippen molar-refractivity contribution >= 4 is 5.91 Å². The van der Waals surface area contributed by atoms with Crippen LogP contribution in [-0.4, -0.2) is 52.1 Å². The Morgan fingerprint density at radius 1 is 1.41 bits per heavy atom. The van der Waals surface area contributed by atoms with E-state index in [1.54, 1.807) is 6.20 Å². The molecule has 1 N–H and O–H groups in total. The smallest absolute Gasteiger partial charge is 0.257 e. The molecule has 1 amide bonds. The maximum absolute atomic E-state index is 12.5. The van der Waals surface area contributed by atoms with E-state index >= 15 is 0 Å². The van der Waals surface area contributed by atoms with Crippen LogP contribution >= 0.6 is 0 Å². The summed E-state index contributed by atoms with van der Waals surface area (Å²) in [6, 6.07) is 10.9. The highest BCUT2D eigenvalue weighted by atomic mass is 16.2. The first kappa shape index (κ1) is 14.8. The number of hydrogen-bond donors (Lipinski definition) is 1. The summed E-state index contributed by atoms with van der Waals surface area (Å²) in [6.45, 7) is 4.40. The first-order valence-corrected chi connectivity index (χ1v) is 7.68. The van der Waals surface area contributed by atoms with E-state index in [2.05, 4.69) is 46.4 Å². The molecule has 116 valence electrons. The van der Waals surface area contributed by atoms with E-state index in [-0.39, 0.29) is 5.91 Å². The van der Waals surface area contributed by atoms with Gasteiger partial charge >= 0.3 is 0 Å². The van der Waals surface area contributed by atoms with Gasteiger partial charge in [-0.05, 0) is 26.0 Å². The molecule has 1 unspecified atom stereocenters. The molecular formula is C17H22N4O. The average molecular weight is 298 g/mol. The van der Waals surface area contributed by atoms with Gasteiger partial charge in [-0.2, -0.15) is 5.10 Å². The molecule has 0 saturated carbocycles. The largest absolute Gasteiger partial charge is 0.337 e. The van der Waals surface area contributed by atoms with Crippen LogP contribution in [0, 0.1) is 6.92 Å². The van der Waals surface area contributed by atoms with E-state index in [9.17, 15) is 4.79 Å². The molecule has 1 atom stereocenters. The van der Waals surface area contributed by atoms with Crippen molar-refractivity contribution in [1.82, 2.24) is 20.0 Å². The Morgan fingerprint density at radius 2 is 2.18 bits per heavy atom. The Kier molecular flexibility index (Phi) is 4.24. The van der Waals surface area contributed by atoms with Crippen LogP contribution < -0.4 is 0 Å². The first-order valence-electron chi connectivity index (χ1n) is 7.68. The number of aromatic nitrogens is 2. The highest BCUT2D eigenvalue weighted by Gasteiger charge is 2.30. The molecule has 0 spiro atoms. The normalized spacial score (nSPS) is 18.1. The van der Waals surface area contributed by atoms with Gasteiger partial charge in [0, 0.05) is 31.4 Å². The Balaban J connectivity index is 1.60. The average Bonchev–Trinajstić information content (AvgIpc) is 3.16. The molecule has 5 nitrogen and oxygen atoms in total. The molecule has 2 heterocycles. The lowest BCUT2D eigenvalue weighted by molar-refractivity contribution is 0.0779. The molecule has 1 saturated heterocycles. The third-order valence-electron chi connectivity index (χ3n) is 4.41. The summed E-state index contributed by atoms with van der Waals surface area (Å²) in [4.78, 5) is 16.8. The van der Waals surface area contributed by atoms with Crippen LogP contribution in [0.4, 0.5) is 0 Å². The van der Waals surface area contributed by atoms with Crippen molar-refractivity contribution < 1.29 is 4.79 Å². The number of amides is 1. The van der Waals surface area contributed by atoms with E-state index < -0.39 is 0 Å². The summed E-state index contributed by atoms with van der Waals surface area (Å²) < 4.78 is 0. The minimum atomic E-state index is 0.0851. The number of nitrogens with zero attached hydrogens (tertiary/aromatic N) is 3. The number of carbonyl (C=O) groups excluding carboxylic acids is 1. The number of hydrogen-bond acceptors (Lipinski definition) is 3. The molecule has 0 bridgehead atoms. The van der Waals surface area contributed by atoms with Gasteiger partial charge in [-0.15, -0.1) is 0 Å². The van der Waals surface area contributed by atoms with E-state index in [0.29, 0.717) is 11.6 Å². The molecule has 1 aliphatic heterocycles. The van der Waals surface area contributed by atoms with Gasteiger partial charge in [-0.25, -0.2) is 0 Å². The molecule has 1 fully saturated rings. The third-order valence-corrected chi connectivity index (χ3v) is 4.41. The molecule has 1 aromatic carbocycles. The van der Waals surface area contributed by atoms with Gasteiger partial charge in [0.05, 0.1) is 11.8 Å². The van der Waals surface area contributed by atoms with Crippen LogP contribution in [0.1, 0.15) is 28.0 Å². The van der Waals surface area contributed by atoms with Crippen LogP contribution in [-0.2, 0) is 6.54 Å². The minimum absolute atomic E-state index is 0.0851. The fourth-order valence-electron chi connectivity index (χ4n) is 3.02. The van der Waals surface area contributed by atoms with Gasteiger partial charge in [0.1, 0.15) is 0 Å². The molecule has 3 rings (SSSR count). The Bertz CT molecular complexity index is 637. The maximum Gasteiger partial charge on any atom is 0.257 e. The van der Waals surface area contributed by atoms with Gasteiger partial charge in [0.2, 0.25) is 0 Å². The van der Waals surface area contributed by atoms with Gasteiger partial charge in [-0.3, -0.25) is 14.8 Å². The zero-order valence-electron chi connectivity index (χ0n) is 13.1. The second kappa shape index (κ2) is 6.32. The number of likely N-dealkylation sites (N-methyl/N-ethyl adjacent to an activating group) is 1. The van der Waals surface area contributed by atoms with Crippen molar-refractivity contribution in [2.24, 2.45) is 0 Å². The molecule has 22 heavy (non-hydrogen) atoms. The molecule has 0 radical (unpaired) electrons. The minimum Gasteiger partial charge on any atom is -0.337 e. The van der Waals surface area contributed by atoms with Crippen molar-refractivity contribution in [3.8, 4) is 0 Å². The Morgan fingerprint density at radius 3 is 2.86 bits per heavy atom. The van der Waals surface area contributed by atoms with Crippen molar-refractivity contribution in [3.05, 3.63) is 53.3 Å². The second-order valence-corrected chi connectivity index (χ2v) is 6.00. The van der Waals surface area contributed by atoms with Crippen molar-refractivity contribution in [2.75, 3.05) is 20.1 Å². The number of aryl methyl sites for hydroxylation is 1. The number of nitrogens with one attached hydrogen (secondary N) is 1. The van der Waals surface area contributed by atoms with E-state index in [0.717, 1.165) is 31.7 Å². The SMILES string of the molecule is Cc1[nH]ncc1C(=O)N1CCC(N(C)Cc2ccccc2)C1. The predicted molar refractivity (Wildman–Crippen MR) is 85.5 cm³/mol. The van der Waals surface area contributed by atoms with E-state index in [4.69, 9.17) is 0 Å². The van der Waals surface area contributed by atoms with E-state index in [1.165, 1.54) is 5.56 Å².